The molecule has 4 rings (SSSR count). The van der Waals surface area contributed by atoms with Crippen LogP contribution >= 0.6 is 7.60 Å². The van der Waals surface area contributed by atoms with Crippen LogP contribution in [0.5, 0.6) is 0 Å². The van der Waals surface area contributed by atoms with E-state index in [0.717, 1.165) is 31.5 Å². The maximum atomic E-state index is 12.9. The van der Waals surface area contributed by atoms with Crippen molar-refractivity contribution < 1.29 is 33.8 Å². The Bertz CT molecular complexity index is 846. The van der Waals surface area contributed by atoms with Crippen LogP contribution in [0.15, 0.2) is 11.6 Å². The SMILES string of the molecule is C[C@]12CCC(=O)C=C1CC[C@@H]1[C@@H]2[C@@H](O)C[C@@]2(C)[C@H]1CC[C@]2(O)C(=O)COP(C)(=O)O. The van der Waals surface area contributed by atoms with Crippen LogP contribution in [-0.2, 0) is 18.7 Å². The molecule has 4 aliphatic carbocycles. The van der Waals surface area contributed by atoms with Crippen LogP contribution in [0.2, 0.25) is 0 Å². The second-order valence-electron chi connectivity index (χ2n) is 10.5. The normalized spacial score (nSPS) is 47.5. The molecule has 1 unspecified atom stereocenters. The van der Waals surface area contributed by atoms with E-state index >= 15 is 0 Å². The van der Waals surface area contributed by atoms with Gasteiger partial charge in [0.1, 0.15) is 12.2 Å². The highest BCUT2D eigenvalue weighted by Gasteiger charge is 2.68. The lowest BCUT2D eigenvalue weighted by atomic mass is 9.45. The van der Waals surface area contributed by atoms with E-state index in [2.05, 4.69) is 6.92 Å². The third-order valence-corrected chi connectivity index (χ3v) is 9.55. The summed E-state index contributed by atoms with van der Waals surface area (Å²) < 4.78 is 16.3. The highest BCUT2D eigenvalue weighted by molar-refractivity contribution is 7.51. The molecule has 3 fully saturated rings. The highest BCUT2D eigenvalue weighted by Crippen LogP contribution is 2.67. The molecule has 0 spiro atoms. The Labute approximate surface area is 177 Å². The standard InChI is InChI=1S/C22H33O7P/c1-20-8-6-14(23)10-13(20)4-5-15-16-7-9-22(26,18(25)12-29-30(3,27)28)21(16,2)11-17(24)19(15)20/h10,15-17,19,24,26H,4-9,11-12H2,1-3H3,(H,27,28)/t15-,16-,17-,19+,20-,21-,22-/m0/s1. The number of hydrogen-bond donors (Lipinski definition) is 3. The molecule has 0 aromatic heterocycles. The van der Waals surface area contributed by atoms with Gasteiger partial charge in [-0.05, 0) is 67.8 Å². The van der Waals surface area contributed by atoms with Crippen molar-refractivity contribution in [1.29, 1.82) is 0 Å². The van der Waals surface area contributed by atoms with Crippen LogP contribution < -0.4 is 0 Å². The van der Waals surface area contributed by atoms with Crippen LogP contribution in [0.1, 0.15) is 58.8 Å². The fourth-order valence-electron chi connectivity index (χ4n) is 7.45. The van der Waals surface area contributed by atoms with Gasteiger partial charge in [-0.25, -0.2) is 0 Å². The number of hydrogen-bond acceptors (Lipinski definition) is 6. The Morgan fingerprint density at radius 3 is 2.63 bits per heavy atom. The van der Waals surface area contributed by atoms with Crippen LogP contribution in [-0.4, -0.2) is 51.6 Å². The molecule has 0 saturated heterocycles. The van der Waals surface area contributed by atoms with Gasteiger partial charge >= 0.3 is 7.60 Å². The molecule has 4 aliphatic rings. The summed E-state index contributed by atoms with van der Waals surface area (Å²) >= 11 is 0. The Morgan fingerprint density at radius 1 is 1.27 bits per heavy atom. The van der Waals surface area contributed by atoms with Crippen LogP contribution in [0.4, 0.5) is 0 Å². The van der Waals surface area contributed by atoms with Crippen LogP contribution in [0, 0.1) is 28.6 Å². The third kappa shape index (κ3) is 3.20. The van der Waals surface area contributed by atoms with E-state index in [0.29, 0.717) is 19.3 Å². The van der Waals surface area contributed by atoms with Crippen molar-refractivity contribution in [2.45, 2.75) is 70.5 Å². The summed E-state index contributed by atoms with van der Waals surface area (Å²) in [6.45, 7) is 4.44. The number of allylic oxidation sites excluding steroid dienone is 1. The number of rotatable bonds is 4. The van der Waals surface area contributed by atoms with Crippen molar-refractivity contribution in [2.75, 3.05) is 13.3 Å². The zero-order valence-electron chi connectivity index (χ0n) is 18.0. The van der Waals surface area contributed by atoms with Gasteiger partial charge < -0.3 is 19.6 Å². The molecule has 3 saturated carbocycles. The summed E-state index contributed by atoms with van der Waals surface area (Å²) in [7, 11) is -3.83. The van der Waals surface area contributed by atoms with Crippen molar-refractivity contribution in [3.05, 3.63) is 11.6 Å². The van der Waals surface area contributed by atoms with Gasteiger partial charge in [0.25, 0.3) is 0 Å². The Balaban J connectivity index is 1.64. The molecular formula is C22H33O7P. The van der Waals surface area contributed by atoms with Crippen molar-refractivity contribution >= 4 is 19.2 Å². The highest BCUT2D eigenvalue weighted by atomic mass is 31.2. The number of carbonyl (C=O) groups is 2. The minimum atomic E-state index is -3.83. The number of aliphatic hydroxyl groups excluding tert-OH is 1. The van der Waals surface area contributed by atoms with Gasteiger partial charge in [0.05, 0.1) is 6.10 Å². The average molecular weight is 440 g/mol. The molecule has 3 N–H and O–H groups in total. The third-order valence-electron chi connectivity index (χ3n) is 8.94. The van der Waals surface area contributed by atoms with Crippen LogP contribution in [0.25, 0.3) is 0 Å². The molecule has 0 bridgehead atoms. The molecule has 0 radical (unpaired) electrons. The number of carbonyl (C=O) groups excluding carboxylic acids is 2. The lowest BCUT2D eigenvalue weighted by Gasteiger charge is -2.60. The predicted octanol–water partition coefficient (Wildman–Crippen LogP) is 2.62. The minimum Gasteiger partial charge on any atom is -0.393 e. The maximum absolute atomic E-state index is 12.9. The average Bonchev–Trinajstić information content (AvgIpc) is 2.91. The Kier molecular flexibility index (Phi) is 5.27. The quantitative estimate of drug-likeness (QED) is 0.575. The second-order valence-corrected chi connectivity index (χ2v) is 12.3. The van der Waals surface area contributed by atoms with Crippen molar-refractivity contribution in [3.8, 4) is 0 Å². The number of ketones is 2. The van der Waals surface area contributed by atoms with Gasteiger partial charge in [-0.3, -0.25) is 14.2 Å². The van der Waals surface area contributed by atoms with E-state index in [9.17, 15) is 29.3 Å². The van der Waals surface area contributed by atoms with Gasteiger partial charge in [-0.1, -0.05) is 19.4 Å². The fraction of sp³-hybridized carbons (Fsp3) is 0.818. The molecule has 0 amide bonds. The molecule has 7 nitrogen and oxygen atoms in total. The maximum Gasteiger partial charge on any atom is 0.325 e. The first-order valence-electron chi connectivity index (χ1n) is 10.9. The van der Waals surface area contributed by atoms with E-state index in [1.54, 1.807) is 6.08 Å². The first-order chi connectivity index (χ1) is 13.8. The number of Topliss-reactive ketones (excluding diaryl/α,β-unsaturated/α-hetero) is 1. The van der Waals surface area contributed by atoms with Gasteiger partial charge in [-0.15, -0.1) is 0 Å². The number of fused-ring (bicyclic) bond motifs is 5. The Morgan fingerprint density at radius 2 is 1.97 bits per heavy atom. The van der Waals surface area contributed by atoms with Gasteiger partial charge in [0.2, 0.25) is 0 Å². The minimum absolute atomic E-state index is 0.00526. The first-order valence-corrected chi connectivity index (χ1v) is 13.0. The molecule has 8 atom stereocenters. The molecule has 30 heavy (non-hydrogen) atoms. The topological polar surface area (TPSA) is 121 Å². The van der Waals surface area contributed by atoms with E-state index in [1.807, 2.05) is 6.92 Å². The van der Waals surface area contributed by atoms with E-state index in [-0.39, 0.29) is 35.4 Å². The van der Waals surface area contributed by atoms with Gasteiger partial charge in [-0.2, -0.15) is 0 Å². The molecule has 0 aliphatic heterocycles. The summed E-state index contributed by atoms with van der Waals surface area (Å²) in [5, 5.41) is 22.8. The largest absolute Gasteiger partial charge is 0.393 e. The molecule has 0 heterocycles. The second kappa shape index (κ2) is 7.08. The smallest absolute Gasteiger partial charge is 0.325 e. The summed E-state index contributed by atoms with van der Waals surface area (Å²) in [6.07, 6.45) is 5.19. The van der Waals surface area contributed by atoms with Crippen LogP contribution in [0.3, 0.4) is 0 Å². The van der Waals surface area contributed by atoms with E-state index in [1.165, 1.54) is 0 Å². The first kappa shape index (κ1) is 22.3. The molecular weight excluding hydrogens is 407 g/mol. The van der Waals surface area contributed by atoms with Crippen molar-refractivity contribution in [2.24, 2.45) is 28.6 Å². The summed E-state index contributed by atoms with van der Waals surface area (Å²) in [5.74, 6) is -0.190. The van der Waals surface area contributed by atoms with Gasteiger partial charge in [0.15, 0.2) is 11.6 Å². The lowest BCUT2D eigenvalue weighted by molar-refractivity contribution is -0.181. The van der Waals surface area contributed by atoms with E-state index in [4.69, 9.17) is 4.52 Å². The lowest BCUT2D eigenvalue weighted by Crippen LogP contribution is -2.62. The van der Waals surface area contributed by atoms with Gasteiger partial charge in [0, 0.05) is 18.5 Å². The summed E-state index contributed by atoms with van der Waals surface area (Å²) in [6, 6.07) is 0. The zero-order valence-corrected chi connectivity index (χ0v) is 18.9. The van der Waals surface area contributed by atoms with E-state index < -0.39 is 37.1 Å². The fourth-order valence-corrected chi connectivity index (χ4v) is 7.80. The van der Waals surface area contributed by atoms with Crippen molar-refractivity contribution in [1.82, 2.24) is 0 Å². The monoisotopic (exact) mass is 440 g/mol. The Hall–Kier alpha value is -0.850. The zero-order chi connectivity index (χ0) is 22.1. The number of aliphatic hydroxyl groups is 2. The molecule has 168 valence electrons. The summed E-state index contributed by atoms with van der Waals surface area (Å²) in [4.78, 5) is 34.3. The van der Waals surface area contributed by atoms with Crippen molar-refractivity contribution in [3.63, 3.8) is 0 Å². The molecule has 8 heteroatoms. The molecule has 0 aromatic rings. The predicted molar refractivity (Wildman–Crippen MR) is 110 cm³/mol. The summed E-state index contributed by atoms with van der Waals surface area (Å²) in [5.41, 5.74) is -1.58. The molecule has 0 aromatic carbocycles.